The molecule has 0 spiro atoms. The van der Waals surface area contributed by atoms with Gasteiger partial charge in [0.15, 0.2) is 0 Å². The van der Waals surface area contributed by atoms with Crippen LogP contribution in [0.4, 0.5) is 0 Å². The van der Waals surface area contributed by atoms with Gasteiger partial charge in [0, 0.05) is 13.1 Å². The molecule has 1 fully saturated rings. The molecule has 1 N–H and O–H groups in total. The van der Waals surface area contributed by atoms with Crippen LogP contribution < -0.4 is 10.1 Å². The summed E-state index contributed by atoms with van der Waals surface area (Å²) in [6.07, 6.45) is 2.96. The molecular weight excluding hydrogens is 336 g/mol. The van der Waals surface area contributed by atoms with Gasteiger partial charge in [-0.15, -0.1) is 12.4 Å². The molecule has 0 amide bonds. The first-order valence-corrected chi connectivity index (χ1v) is 9.22. The van der Waals surface area contributed by atoms with Gasteiger partial charge in [0.25, 0.3) is 0 Å². The predicted molar refractivity (Wildman–Crippen MR) is 95.0 cm³/mol. The minimum Gasteiger partial charge on any atom is -0.495 e. The van der Waals surface area contributed by atoms with Gasteiger partial charge >= 0.3 is 0 Å². The SMILES string of the molecule is CNCCC1CCN(S(=O)(=O)c2cc(C)ccc2OC)CC1.Cl. The van der Waals surface area contributed by atoms with Crippen molar-refractivity contribution in [3.05, 3.63) is 23.8 Å². The highest BCUT2D eigenvalue weighted by atomic mass is 35.5. The number of sulfonamides is 1. The van der Waals surface area contributed by atoms with Crippen LogP contribution in [0.1, 0.15) is 24.8 Å². The summed E-state index contributed by atoms with van der Waals surface area (Å²) in [6.45, 7) is 4.06. The second kappa shape index (κ2) is 8.87. The van der Waals surface area contributed by atoms with Gasteiger partial charge in [0.1, 0.15) is 10.6 Å². The lowest BCUT2D eigenvalue weighted by atomic mass is 9.95. The maximum atomic E-state index is 12.9. The van der Waals surface area contributed by atoms with Crippen LogP contribution in [0, 0.1) is 12.8 Å². The lowest BCUT2D eigenvalue weighted by Crippen LogP contribution is -2.39. The van der Waals surface area contributed by atoms with Gasteiger partial charge in [0.05, 0.1) is 7.11 Å². The Bertz CT molecular complexity index is 599. The van der Waals surface area contributed by atoms with Gasteiger partial charge < -0.3 is 10.1 Å². The Labute approximate surface area is 145 Å². The van der Waals surface area contributed by atoms with Crippen LogP contribution in [-0.4, -0.2) is 46.5 Å². The molecule has 1 aromatic rings. The summed E-state index contributed by atoms with van der Waals surface area (Å²) in [7, 11) is -0.0229. The minimum atomic E-state index is -3.48. The maximum Gasteiger partial charge on any atom is 0.246 e. The lowest BCUT2D eigenvalue weighted by molar-refractivity contribution is 0.262. The fourth-order valence-electron chi connectivity index (χ4n) is 2.91. The van der Waals surface area contributed by atoms with Gasteiger partial charge in [-0.25, -0.2) is 8.42 Å². The van der Waals surface area contributed by atoms with E-state index in [1.54, 1.807) is 16.4 Å². The average molecular weight is 363 g/mol. The summed E-state index contributed by atoms with van der Waals surface area (Å²) in [6, 6.07) is 5.28. The molecular formula is C16H27ClN2O3S. The van der Waals surface area contributed by atoms with E-state index in [0.29, 0.717) is 24.8 Å². The Balaban J connectivity index is 0.00000264. The monoisotopic (exact) mass is 362 g/mol. The van der Waals surface area contributed by atoms with Crippen molar-refractivity contribution in [3.8, 4) is 5.75 Å². The molecule has 1 saturated heterocycles. The summed E-state index contributed by atoms with van der Waals surface area (Å²) in [4.78, 5) is 0.281. The Hall–Kier alpha value is -0.820. The standard InChI is InChI=1S/C16H26N2O3S.ClH/c1-13-4-5-15(21-3)16(12-13)22(19,20)18-10-7-14(8-11-18)6-9-17-2;/h4-5,12,14,17H,6-11H2,1-3H3;1H. The zero-order valence-corrected chi connectivity index (χ0v) is 15.7. The zero-order valence-electron chi connectivity index (χ0n) is 14.0. The molecule has 5 nitrogen and oxygen atoms in total. The van der Waals surface area contributed by atoms with Crippen molar-refractivity contribution in [2.45, 2.75) is 31.1 Å². The maximum absolute atomic E-state index is 12.9. The smallest absolute Gasteiger partial charge is 0.246 e. The number of halogens is 1. The molecule has 23 heavy (non-hydrogen) atoms. The summed E-state index contributed by atoms with van der Waals surface area (Å²) in [5.41, 5.74) is 0.920. The molecule has 0 unspecified atom stereocenters. The van der Waals surface area contributed by atoms with Gasteiger partial charge in [0.2, 0.25) is 10.0 Å². The third-order valence-corrected chi connectivity index (χ3v) is 6.23. The third-order valence-electron chi connectivity index (χ3n) is 4.31. The molecule has 1 aliphatic heterocycles. The van der Waals surface area contributed by atoms with Crippen LogP contribution in [0.3, 0.4) is 0 Å². The molecule has 7 heteroatoms. The average Bonchev–Trinajstić information content (AvgIpc) is 2.53. The highest BCUT2D eigenvalue weighted by Crippen LogP contribution is 2.31. The van der Waals surface area contributed by atoms with Gasteiger partial charge in [-0.1, -0.05) is 6.07 Å². The van der Waals surface area contributed by atoms with Crippen LogP contribution in [0.2, 0.25) is 0 Å². The predicted octanol–water partition coefficient (Wildman–Crippen LogP) is 2.44. The topological polar surface area (TPSA) is 58.6 Å². The zero-order chi connectivity index (χ0) is 16.2. The minimum absolute atomic E-state index is 0. The molecule has 0 aromatic heterocycles. The number of rotatable bonds is 6. The highest BCUT2D eigenvalue weighted by molar-refractivity contribution is 7.89. The number of ether oxygens (including phenoxy) is 1. The van der Waals surface area contributed by atoms with Crippen LogP contribution >= 0.6 is 12.4 Å². The second-order valence-corrected chi connectivity index (χ2v) is 7.80. The first-order valence-electron chi connectivity index (χ1n) is 7.78. The first-order chi connectivity index (χ1) is 10.5. The number of aryl methyl sites for hydroxylation is 1. The quantitative estimate of drug-likeness (QED) is 0.844. The van der Waals surface area contributed by atoms with Crippen molar-refractivity contribution >= 4 is 22.4 Å². The lowest BCUT2D eigenvalue weighted by Gasteiger charge is -2.31. The fraction of sp³-hybridized carbons (Fsp3) is 0.625. The van der Waals surface area contributed by atoms with Gasteiger partial charge in [-0.05, 0) is 63.4 Å². The molecule has 132 valence electrons. The molecule has 0 radical (unpaired) electrons. The molecule has 0 bridgehead atoms. The number of piperidine rings is 1. The summed E-state index contributed by atoms with van der Waals surface area (Å²) >= 11 is 0. The van der Waals surface area contributed by atoms with E-state index >= 15 is 0 Å². The van der Waals surface area contributed by atoms with E-state index in [1.165, 1.54) is 7.11 Å². The molecule has 2 rings (SSSR count). The van der Waals surface area contributed by atoms with E-state index in [9.17, 15) is 8.42 Å². The number of hydrogen-bond acceptors (Lipinski definition) is 4. The molecule has 0 atom stereocenters. The van der Waals surface area contributed by atoms with E-state index in [-0.39, 0.29) is 17.3 Å². The van der Waals surface area contributed by atoms with E-state index in [2.05, 4.69) is 5.32 Å². The van der Waals surface area contributed by atoms with Crippen LogP contribution in [0.5, 0.6) is 5.75 Å². The fourth-order valence-corrected chi connectivity index (χ4v) is 4.62. The van der Waals surface area contributed by atoms with Gasteiger partial charge in [-0.3, -0.25) is 0 Å². The normalized spacial score (nSPS) is 16.8. The Morgan fingerprint density at radius 2 is 1.96 bits per heavy atom. The molecule has 1 aromatic carbocycles. The van der Waals surface area contributed by atoms with Crippen LogP contribution in [0.25, 0.3) is 0 Å². The van der Waals surface area contributed by atoms with E-state index in [1.807, 2.05) is 20.0 Å². The molecule has 0 aliphatic carbocycles. The van der Waals surface area contributed by atoms with Crippen molar-refractivity contribution in [2.75, 3.05) is 33.8 Å². The highest BCUT2D eigenvalue weighted by Gasteiger charge is 2.31. The van der Waals surface area contributed by atoms with Crippen molar-refractivity contribution in [1.82, 2.24) is 9.62 Å². The number of nitrogens with zero attached hydrogens (tertiary/aromatic N) is 1. The van der Waals surface area contributed by atoms with Crippen molar-refractivity contribution in [2.24, 2.45) is 5.92 Å². The van der Waals surface area contributed by atoms with Crippen molar-refractivity contribution < 1.29 is 13.2 Å². The molecule has 1 heterocycles. The molecule has 0 saturated carbocycles. The van der Waals surface area contributed by atoms with Gasteiger partial charge in [-0.2, -0.15) is 4.31 Å². The van der Waals surface area contributed by atoms with Crippen molar-refractivity contribution in [1.29, 1.82) is 0 Å². The second-order valence-electron chi connectivity index (χ2n) is 5.89. The van der Waals surface area contributed by atoms with E-state index < -0.39 is 10.0 Å². The van der Waals surface area contributed by atoms with Crippen molar-refractivity contribution in [3.63, 3.8) is 0 Å². The number of hydrogen-bond donors (Lipinski definition) is 1. The van der Waals surface area contributed by atoms with E-state index in [4.69, 9.17) is 4.74 Å². The Morgan fingerprint density at radius 3 is 2.52 bits per heavy atom. The number of nitrogens with one attached hydrogen (secondary N) is 1. The Kier molecular flexibility index (Phi) is 7.80. The third kappa shape index (κ3) is 4.83. The number of methoxy groups -OCH3 is 1. The largest absolute Gasteiger partial charge is 0.495 e. The first kappa shape index (κ1) is 20.2. The van der Waals surface area contributed by atoms with Crippen LogP contribution in [0.15, 0.2) is 23.1 Å². The van der Waals surface area contributed by atoms with Crippen LogP contribution in [-0.2, 0) is 10.0 Å². The Morgan fingerprint density at radius 1 is 1.30 bits per heavy atom. The summed E-state index contributed by atoms with van der Waals surface area (Å²) < 4.78 is 32.6. The summed E-state index contributed by atoms with van der Waals surface area (Å²) in [5.74, 6) is 1.03. The molecule has 1 aliphatic rings. The number of benzene rings is 1. The summed E-state index contributed by atoms with van der Waals surface area (Å²) in [5, 5.41) is 3.16. The van der Waals surface area contributed by atoms with E-state index in [0.717, 1.165) is 31.4 Å².